The van der Waals surface area contributed by atoms with E-state index in [1.165, 1.54) is 0 Å². The van der Waals surface area contributed by atoms with Gasteiger partial charge >= 0.3 is 0 Å². The lowest BCUT2D eigenvalue weighted by molar-refractivity contribution is 0.668. The molecule has 0 aromatic heterocycles. The predicted octanol–water partition coefficient (Wildman–Crippen LogP) is 0.323. The molecule has 0 spiro atoms. The van der Waals surface area contributed by atoms with Gasteiger partial charge in [0.1, 0.15) is 0 Å². The second-order valence-electron chi connectivity index (χ2n) is 3.19. The normalized spacial score (nSPS) is 13.6. The SMILES string of the molecule is [B]C([B])(C)CC([B])([B])C. The lowest BCUT2D eigenvalue weighted by Gasteiger charge is -2.30. The molecule has 0 saturated heterocycles. The van der Waals surface area contributed by atoms with E-state index in [-0.39, 0.29) is 0 Å². The first-order valence-corrected chi connectivity index (χ1v) is 2.86. The van der Waals surface area contributed by atoms with Crippen molar-refractivity contribution in [2.24, 2.45) is 0 Å². The van der Waals surface area contributed by atoms with Gasteiger partial charge in [0.25, 0.3) is 0 Å². The molecule has 0 aliphatic heterocycles. The molecule has 0 aliphatic carbocycles. The van der Waals surface area contributed by atoms with E-state index in [2.05, 4.69) is 0 Å². The molecule has 0 nitrogen and oxygen atoms in total. The van der Waals surface area contributed by atoms with Gasteiger partial charge in [0, 0.05) is 0 Å². The van der Waals surface area contributed by atoms with Gasteiger partial charge in [-0.2, -0.15) is 0 Å². The van der Waals surface area contributed by atoms with Crippen LogP contribution in [0.2, 0.25) is 10.4 Å². The Hall–Kier alpha value is 0.260. The van der Waals surface area contributed by atoms with Crippen LogP contribution in [0.4, 0.5) is 0 Å². The summed E-state index contributed by atoms with van der Waals surface area (Å²) in [7, 11) is 21.8. The first-order valence-electron chi connectivity index (χ1n) is 2.86. The fraction of sp³-hybridized carbons (Fsp3) is 1.00. The molecule has 0 rings (SSSR count). The predicted molar refractivity (Wildman–Crippen MR) is 44.4 cm³/mol. The van der Waals surface area contributed by atoms with Crippen molar-refractivity contribution in [1.82, 2.24) is 0 Å². The average molecular weight is 111 g/mol. The van der Waals surface area contributed by atoms with Crippen LogP contribution in [0, 0.1) is 0 Å². The molecule has 0 fully saturated rings. The van der Waals surface area contributed by atoms with E-state index in [1.807, 2.05) is 0 Å². The van der Waals surface area contributed by atoms with Crippen LogP contribution in [0.25, 0.3) is 0 Å². The quantitative estimate of drug-likeness (QED) is 0.450. The van der Waals surface area contributed by atoms with E-state index in [9.17, 15) is 0 Å². The molecule has 0 aromatic rings. The van der Waals surface area contributed by atoms with Crippen LogP contribution in [0.15, 0.2) is 0 Å². The van der Waals surface area contributed by atoms with Crippen LogP contribution >= 0.6 is 0 Å². The van der Waals surface area contributed by atoms with Gasteiger partial charge in [-0.15, -0.1) is 10.4 Å². The third-order valence-electron chi connectivity index (χ3n) is 0.762. The highest BCUT2D eigenvalue weighted by molar-refractivity contribution is 6.43. The Labute approximate surface area is 62.8 Å². The van der Waals surface area contributed by atoms with Crippen LogP contribution in [0.3, 0.4) is 0 Å². The van der Waals surface area contributed by atoms with Gasteiger partial charge in [-0.3, -0.25) is 0 Å². The third kappa shape index (κ3) is 8.26. The standard InChI is InChI=1S/C5H8B4/c1-4(6,7)3-5(2,8)9/h3H2,1-2H3. The molecule has 0 unspecified atom stereocenters. The molecule has 8 radical (unpaired) electrons. The Morgan fingerprint density at radius 1 is 0.889 bits per heavy atom. The average Bonchev–Trinajstić information content (AvgIpc) is 1.14. The van der Waals surface area contributed by atoms with Crippen molar-refractivity contribution in [3.05, 3.63) is 0 Å². The van der Waals surface area contributed by atoms with Gasteiger partial charge in [-0.05, 0) is 0 Å². The van der Waals surface area contributed by atoms with E-state index in [0.29, 0.717) is 6.42 Å². The summed E-state index contributed by atoms with van der Waals surface area (Å²) < 4.78 is 0. The zero-order valence-corrected chi connectivity index (χ0v) is 6.02. The highest BCUT2D eigenvalue weighted by Crippen LogP contribution is 2.33. The lowest BCUT2D eigenvalue weighted by atomic mass is 9.42. The first-order chi connectivity index (χ1) is 3.71. The summed E-state index contributed by atoms with van der Waals surface area (Å²) in [5, 5.41) is -1.53. The van der Waals surface area contributed by atoms with Crippen molar-refractivity contribution in [2.75, 3.05) is 0 Å². The molecule has 0 aliphatic rings. The molecular weight excluding hydrogens is 103 g/mol. The zero-order chi connectivity index (χ0) is 7.71. The van der Waals surface area contributed by atoms with E-state index in [1.54, 1.807) is 13.8 Å². The van der Waals surface area contributed by atoms with E-state index in [0.717, 1.165) is 0 Å². The molecular formula is C5H8B4. The fourth-order valence-electron chi connectivity index (χ4n) is 0.821. The summed E-state index contributed by atoms with van der Waals surface area (Å²) in [5.41, 5.74) is 0. The van der Waals surface area contributed by atoms with Gasteiger partial charge in [0.05, 0.1) is 31.4 Å². The Kier molecular flexibility index (Phi) is 2.55. The van der Waals surface area contributed by atoms with Gasteiger partial charge in [0.2, 0.25) is 0 Å². The van der Waals surface area contributed by atoms with E-state index in [4.69, 9.17) is 31.4 Å². The Morgan fingerprint density at radius 3 is 1.11 bits per heavy atom. The first kappa shape index (κ1) is 9.26. The maximum absolute atomic E-state index is 5.44. The highest BCUT2D eigenvalue weighted by Gasteiger charge is 2.18. The second-order valence-corrected chi connectivity index (χ2v) is 3.19. The topological polar surface area (TPSA) is 0 Å². The Balaban J connectivity index is 3.75. The summed E-state index contributed by atoms with van der Waals surface area (Å²) in [6.07, 6.45) is 0.403. The van der Waals surface area contributed by atoms with Crippen molar-refractivity contribution < 1.29 is 0 Å². The van der Waals surface area contributed by atoms with Gasteiger partial charge in [-0.25, -0.2) is 0 Å². The monoisotopic (exact) mass is 112 g/mol. The molecule has 0 aromatic carbocycles. The minimum atomic E-state index is -0.766. The molecule has 0 bridgehead atoms. The fourth-order valence-corrected chi connectivity index (χ4v) is 0.821. The molecule has 9 heavy (non-hydrogen) atoms. The van der Waals surface area contributed by atoms with Crippen molar-refractivity contribution in [3.63, 3.8) is 0 Å². The maximum atomic E-state index is 5.44. The summed E-state index contributed by atoms with van der Waals surface area (Å²) in [4.78, 5) is 0. The zero-order valence-electron chi connectivity index (χ0n) is 6.02. The molecule has 4 heteroatoms. The number of hydrogen-bond donors (Lipinski definition) is 0. The summed E-state index contributed by atoms with van der Waals surface area (Å²) in [5.74, 6) is 0. The summed E-state index contributed by atoms with van der Waals surface area (Å²) >= 11 is 0. The minimum Gasteiger partial charge on any atom is -0.103 e. The van der Waals surface area contributed by atoms with Crippen LogP contribution in [-0.2, 0) is 0 Å². The van der Waals surface area contributed by atoms with E-state index < -0.39 is 10.4 Å². The maximum Gasteiger partial charge on any atom is 0.0616 e. The van der Waals surface area contributed by atoms with Crippen LogP contribution in [-0.4, -0.2) is 31.4 Å². The third-order valence-corrected chi connectivity index (χ3v) is 0.762. The number of hydrogen-bond acceptors (Lipinski definition) is 0. The van der Waals surface area contributed by atoms with Crippen LogP contribution in [0.5, 0.6) is 0 Å². The summed E-state index contributed by atoms with van der Waals surface area (Å²) in [6, 6.07) is 0. The smallest absolute Gasteiger partial charge is 0.0616 e. The Bertz CT molecular complexity index is 74.1. The van der Waals surface area contributed by atoms with Crippen molar-refractivity contribution >= 4 is 31.4 Å². The van der Waals surface area contributed by atoms with Crippen LogP contribution in [0.1, 0.15) is 20.3 Å². The van der Waals surface area contributed by atoms with Gasteiger partial charge in [0.15, 0.2) is 0 Å². The summed E-state index contributed by atoms with van der Waals surface area (Å²) in [6.45, 7) is 3.37. The molecule has 40 valence electrons. The number of rotatable bonds is 2. The second kappa shape index (κ2) is 2.48. The lowest BCUT2D eigenvalue weighted by Crippen LogP contribution is -2.18. The van der Waals surface area contributed by atoms with Gasteiger partial charge in [-0.1, -0.05) is 20.3 Å². The molecule has 0 atom stereocenters. The largest absolute Gasteiger partial charge is 0.103 e. The molecule has 0 amide bonds. The van der Waals surface area contributed by atoms with E-state index >= 15 is 0 Å². The molecule has 0 N–H and O–H groups in total. The van der Waals surface area contributed by atoms with Crippen molar-refractivity contribution in [1.29, 1.82) is 0 Å². The van der Waals surface area contributed by atoms with Gasteiger partial charge < -0.3 is 0 Å². The Morgan fingerprint density at radius 2 is 1.11 bits per heavy atom. The van der Waals surface area contributed by atoms with Crippen LogP contribution < -0.4 is 0 Å². The minimum absolute atomic E-state index is 0.403. The highest BCUT2D eigenvalue weighted by atomic mass is 14.1. The molecule has 0 heterocycles. The molecule has 0 saturated carbocycles. The van der Waals surface area contributed by atoms with Crippen molar-refractivity contribution in [3.8, 4) is 0 Å². The van der Waals surface area contributed by atoms with Crippen molar-refractivity contribution in [2.45, 2.75) is 30.7 Å².